The van der Waals surface area contributed by atoms with E-state index in [-0.39, 0.29) is 17.6 Å². The lowest BCUT2D eigenvalue weighted by atomic mass is 9.89. The molecule has 4 heterocycles. The molecular weight excluding hydrogens is 433 g/mol. The molecule has 0 bridgehead atoms. The number of aliphatic carboxylic acids is 1. The zero-order valence-corrected chi connectivity index (χ0v) is 17.3. The Labute approximate surface area is 181 Å². The van der Waals surface area contributed by atoms with Crippen molar-refractivity contribution in [2.45, 2.75) is 37.1 Å². The van der Waals surface area contributed by atoms with E-state index in [9.17, 15) is 18.0 Å². The van der Waals surface area contributed by atoms with E-state index >= 15 is 0 Å². The van der Waals surface area contributed by atoms with Crippen molar-refractivity contribution in [2.75, 3.05) is 19.7 Å². The lowest BCUT2D eigenvalue weighted by Gasteiger charge is -2.39. The van der Waals surface area contributed by atoms with Gasteiger partial charge in [0.05, 0.1) is 24.9 Å². The highest BCUT2D eigenvalue weighted by atomic mass is 19.4. The summed E-state index contributed by atoms with van der Waals surface area (Å²) >= 11 is 0. The molecule has 2 unspecified atom stereocenters. The molecular formula is C20H23F3N4O5. The molecule has 174 valence electrons. The van der Waals surface area contributed by atoms with Gasteiger partial charge in [-0.3, -0.25) is 14.5 Å². The van der Waals surface area contributed by atoms with Crippen LogP contribution >= 0.6 is 0 Å². The number of hydrogen-bond donors (Lipinski definition) is 1. The van der Waals surface area contributed by atoms with Crippen LogP contribution in [0.15, 0.2) is 36.8 Å². The van der Waals surface area contributed by atoms with E-state index in [1.54, 1.807) is 29.3 Å². The van der Waals surface area contributed by atoms with Gasteiger partial charge in [-0.1, -0.05) is 0 Å². The maximum atomic E-state index is 12.7. The van der Waals surface area contributed by atoms with Crippen LogP contribution in [0.25, 0.3) is 0 Å². The highest BCUT2D eigenvalue weighted by Crippen LogP contribution is 2.36. The van der Waals surface area contributed by atoms with Gasteiger partial charge in [0.1, 0.15) is 17.5 Å². The second-order valence-corrected chi connectivity index (χ2v) is 7.63. The van der Waals surface area contributed by atoms with E-state index in [1.165, 1.54) is 0 Å². The number of carboxylic acids is 1. The third-order valence-corrected chi connectivity index (χ3v) is 5.11. The SMILES string of the molecule is Cn1ccc(C(=O)N2CCCC3(CC(Oc4cccnc4)CO3)C2)n1.O=C(O)C(F)(F)F. The summed E-state index contributed by atoms with van der Waals surface area (Å²) in [5.74, 6) is -2.03. The van der Waals surface area contributed by atoms with Crippen LogP contribution in [0.3, 0.4) is 0 Å². The van der Waals surface area contributed by atoms with Gasteiger partial charge in [-0.15, -0.1) is 0 Å². The number of carbonyl (C=O) groups excluding carboxylic acids is 1. The molecule has 1 N–H and O–H groups in total. The summed E-state index contributed by atoms with van der Waals surface area (Å²) in [6.45, 7) is 1.88. The number of piperidine rings is 1. The van der Waals surface area contributed by atoms with Crippen LogP contribution in [0, 0.1) is 0 Å². The molecule has 0 aromatic carbocycles. The average Bonchev–Trinajstić information content (AvgIpc) is 3.34. The minimum Gasteiger partial charge on any atom is -0.486 e. The zero-order valence-electron chi connectivity index (χ0n) is 17.3. The lowest BCUT2D eigenvalue weighted by molar-refractivity contribution is -0.192. The lowest BCUT2D eigenvalue weighted by Crippen LogP contribution is -2.50. The Morgan fingerprint density at radius 1 is 1.34 bits per heavy atom. The number of pyridine rings is 1. The Bertz CT molecular complexity index is 937. The quantitative estimate of drug-likeness (QED) is 0.755. The van der Waals surface area contributed by atoms with Crippen LogP contribution in [0.2, 0.25) is 0 Å². The molecule has 4 rings (SSSR count). The molecule has 0 saturated carbocycles. The normalized spacial score (nSPS) is 22.9. The number of amides is 1. The monoisotopic (exact) mass is 456 g/mol. The minimum atomic E-state index is -5.08. The van der Waals surface area contributed by atoms with Crippen LogP contribution in [-0.2, 0) is 16.6 Å². The Balaban J connectivity index is 0.000000360. The van der Waals surface area contributed by atoms with Crippen molar-refractivity contribution >= 4 is 11.9 Å². The second-order valence-electron chi connectivity index (χ2n) is 7.63. The van der Waals surface area contributed by atoms with Gasteiger partial charge in [-0.2, -0.15) is 18.3 Å². The van der Waals surface area contributed by atoms with Gasteiger partial charge in [0.25, 0.3) is 5.91 Å². The molecule has 2 aliphatic heterocycles. The van der Waals surface area contributed by atoms with E-state index < -0.39 is 12.1 Å². The Kier molecular flexibility index (Phi) is 7.02. The highest BCUT2D eigenvalue weighted by Gasteiger charge is 2.45. The molecule has 2 fully saturated rings. The van der Waals surface area contributed by atoms with Crippen molar-refractivity contribution in [3.63, 3.8) is 0 Å². The summed E-state index contributed by atoms with van der Waals surface area (Å²) in [6, 6.07) is 5.51. The summed E-state index contributed by atoms with van der Waals surface area (Å²) in [7, 11) is 1.81. The van der Waals surface area contributed by atoms with Gasteiger partial charge in [-0.25, -0.2) is 4.79 Å². The third-order valence-electron chi connectivity index (χ3n) is 5.11. The van der Waals surface area contributed by atoms with E-state index in [4.69, 9.17) is 19.4 Å². The standard InChI is InChI=1S/C18H22N4O3.C2HF3O2/c1-21-9-5-16(20-21)17(23)22-8-3-6-18(13-22)10-15(12-24-18)25-14-4-2-7-19-11-14;3-2(4,5)1(6)7/h2,4-5,7,9,11,15H,3,6,8,10,12-13H2,1H3;(H,6,7). The molecule has 12 heteroatoms. The van der Waals surface area contributed by atoms with Crippen molar-refractivity contribution in [3.05, 3.63) is 42.5 Å². The van der Waals surface area contributed by atoms with Crippen molar-refractivity contribution < 1.29 is 37.3 Å². The fourth-order valence-electron chi connectivity index (χ4n) is 3.73. The van der Waals surface area contributed by atoms with Gasteiger partial charge in [0.2, 0.25) is 0 Å². The molecule has 2 atom stereocenters. The second kappa shape index (κ2) is 9.55. The first-order chi connectivity index (χ1) is 15.1. The predicted molar refractivity (Wildman–Crippen MR) is 104 cm³/mol. The summed E-state index contributed by atoms with van der Waals surface area (Å²) in [6.07, 6.45) is 2.80. The molecule has 2 aromatic rings. The number of carbonyl (C=O) groups is 2. The maximum Gasteiger partial charge on any atom is 0.490 e. The smallest absolute Gasteiger partial charge is 0.486 e. The fourth-order valence-corrected chi connectivity index (χ4v) is 3.73. The zero-order chi connectivity index (χ0) is 23.4. The number of aromatic nitrogens is 3. The third kappa shape index (κ3) is 5.96. The number of likely N-dealkylation sites (tertiary alicyclic amines) is 1. The number of rotatable bonds is 3. The summed E-state index contributed by atoms with van der Waals surface area (Å²) in [5.41, 5.74) is 0.177. The maximum absolute atomic E-state index is 12.7. The van der Waals surface area contributed by atoms with Crippen molar-refractivity contribution in [2.24, 2.45) is 7.05 Å². The van der Waals surface area contributed by atoms with E-state index in [1.807, 2.05) is 24.1 Å². The molecule has 32 heavy (non-hydrogen) atoms. The molecule has 2 aromatic heterocycles. The Morgan fingerprint density at radius 2 is 2.09 bits per heavy atom. The van der Waals surface area contributed by atoms with Gasteiger partial charge < -0.3 is 19.5 Å². The van der Waals surface area contributed by atoms with Crippen molar-refractivity contribution in [1.29, 1.82) is 0 Å². The fraction of sp³-hybridized carbons (Fsp3) is 0.500. The van der Waals surface area contributed by atoms with Crippen LogP contribution in [0.1, 0.15) is 29.8 Å². The molecule has 1 amide bonds. The highest BCUT2D eigenvalue weighted by molar-refractivity contribution is 5.92. The first kappa shape index (κ1) is 23.5. The Morgan fingerprint density at radius 3 is 2.69 bits per heavy atom. The minimum absolute atomic E-state index is 0.00546. The van der Waals surface area contributed by atoms with Crippen molar-refractivity contribution in [3.8, 4) is 5.75 Å². The van der Waals surface area contributed by atoms with Crippen LogP contribution in [-0.4, -0.2) is 74.2 Å². The number of hydrogen-bond acceptors (Lipinski definition) is 6. The van der Waals surface area contributed by atoms with E-state index in [0.29, 0.717) is 18.8 Å². The number of alkyl halides is 3. The first-order valence-electron chi connectivity index (χ1n) is 9.88. The molecule has 2 saturated heterocycles. The Hall–Kier alpha value is -3.15. The molecule has 0 aliphatic carbocycles. The number of halogens is 3. The number of ether oxygens (including phenoxy) is 2. The molecule has 1 spiro atoms. The molecule has 0 radical (unpaired) electrons. The van der Waals surface area contributed by atoms with E-state index in [2.05, 4.69) is 10.1 Å². The van der Waals surface area contributed by atoms with Crippen LogP contribution in [0.5, 0.6) is 5.75 Å². The average molecular weight is 456 g/mol. The largest absolute Gasteiger partial charge is 0.490 e. The van der Waals surface area contributed by atoms with Gasteiger partial charge >= 0.3 is 12.1 Å². The van der Waals surface area contributed by atoms with E-state index in [0.717, 1.165) is 31.6 Å². The summed E-state index contributed by atoms with van der Waals surface area (Å²) in [5, 5.41) is 11.3. The molecule has 2 aliphatic rings. The number of carboxylic acid groups (broad SMARTS) is 1. The predicted octanol–water partition coefficient (Wildman–Crippen LogP) is 2.29. The number of nitrogens with zero attached hydrogens (tertiary/aromatic N) is 4. The van der Waals surface area contributed by atoms with Crippen LogP contribution in [0.4, 0.5) is 13.2 Å². The van der Waals surface area contributed by atoms with Gasteiger partial charge in [0, 0.05) is 32.4 Å². The van der Waals surface area contributed by atoms with Crippen molar-refractivity contribution in [1.82, 2.24) is 19.7 Å². The molecule has 9 nitrogen and oxygen atoms in total. The number of aryl methyl sites for hydroxylation is 1. The topological polar surface area (TPSA) is 107 Å². The first-order valence-corrected chi connectivity index (χ1v) is 9.88. The van der Waals surface area contributed by atoms with Crippen LogP contribution < -0.4 is 4.74 Å². The summed E-state index contributed by atoms with van der Waals surface area (Å²) in [4.78, 5) is 27.5. The van der Waals surface area contributed by atoms with Gasteiger partial charge in [-0.05, 0) is 31.0 Å². The summed E-state index contributed by atoms with van der Waals surface area (Å²) < 4.78 is 45.5. The van der Waals surface area contributed by atoms with Gasteiger partial charge in [0.15, 0.2) is 0 Å².